The van der Waals surface area contributed by atoms with Gasteiger partial charge in [-0.25, -0.2) is 0 Å². The molecule has 0 saturated heterocycles. The molecular weight excluding hydrogens is 354 g/mol. The van der Waals surface area contributed by atoms with E-state index in [9.17, 15) is 13.2 Å². The van der Waals surface area contributed by atoms with Gasteiger partial charge < -0.3 is 4.90 Å². The van der Waals surface area contributed by atoms with Crippen LogP contribution in [0.5, 0.6) is 0 Å². The fourth-order valence-electron chi connectivity index (χ4n) is 2.68. The van der Waals surface area contributed by atoms with Crippen LogP contribution in [0.25, 0.3) is 5.57 Å². The molecule has 1 unspecified atom stereocenters. The molecule has 0 bridgehead atoms. The summed E-state index contributed by atoms with van der Waals surface area (Å²) < 4.78 is 42.6. The van der Waals surface area contributed by atoms with Crippen molar-refractivity contribution < 1.29 is 17.7 Å². The maximum absolute atomic E-state index is 12.4. The van der Waals surface area contributed by atoms with Gasteiger partial charge in [-0.05, 0) is 12.1 Å². The van der Waals surface area contributed by atoms with E-state index in [1.807, 2.05) is 60.5 Å². The number of anilines is 2. The van der Waals surface area contributed by atoms with Gasteiger partial charge in [0, 0.05) is 35.1 Å². The van der Waals surface area contributed by atoms with Crippen LogP contribution in [0.4, 0.5) is 24.5 Å². The van der Waals surface area contributed by atoms with Gasteiger partial charge >= 0.3 is 13.1 Å². The van der Waals surface area contributed by atoms with Gasteiger partial charge in [0.25, 0.3) is 6.16 Å². The molecule has 1 aliphatic heterocycles. The average Bonchev–Trinajstić information content (AvgIpc) is 2.53. The first kappa shape index (κ1) is 16.9. The van der Waals surface area contributed by atoms with Crippen LogP contribution in [-0.2, 0) is 16.3 Å². The van der Waals surface area contributed by atoms with Crippen molar-refractivity contribution in [1.82, 2.24) is 0 Å². The van der Waals surface area contributed by atoms with E-state index in [1.54, 1.807) is 0 Å². The Labute approximate surface area is 144 Å². The number of nitrogens with zero attached hydrogens (tertiary/aromatic N) is 1. The number of benzene rings is 2. The molecule has 1 aliphatic rings. The Balaban J connectivity index is 2.00. The minimum Gasteiger partial charge on any atom is -0.344 e. The molecule has 2 aromatic rings. The Morgan fingerprint density at radius 2 is 1.54 bits per heavy atom. The minimum absolute atomic E-state index is 0.749. The molecule has 1 atom stereocenters. The van der Waals surface area contributed by atoms with Gasteiger partial charge in [0.1, 0.15) is 0 Å². The van der Waals surface area contributed by atoms with Crippen molar-refractivity contribution >= 4 is 35.7 Å². The van der Waals surface area contributed by atoms with Gasteiger partial charge in [0.05, 0.1) is 0 Å². The molecule has 0 aromatic heterocycles. The van der Waals surface area contributed by atoms with Crippen molar-refractivity contribution in [2.24, 2.45) is 0 Å². The fraction of sp³-hybridized carbons (Fsp3) is 0.176. The topological polar surface area (TPSA) is 12.5 Å². The molecule has 2 nitrogen and oxygen atoms in total. The van der Waals surface area contributed by atoms with Crippen molar-refractivity contribution in [2.75, 3.05) is 18.1 Å². The van der Waals surface area contributed by atoms with Gasteiger partial charge in [-0.15, -0.1) is 0 Å². The molecule has 0 N–H and O–H groups in total. The smallest absolute Gasteiger partial charge is 0.344 e. The number of fused-ring (bicyclic) bond motifs is 2. The molecule has 0 saturated carbocycles. The van der Waals surface area contributed by atoms with Gasteiger partial charge in [-0.3, -0.25) is 4.52 Å². The third-order valence-corrected chi connectivity index (χ3v) is 5.31. The van der Waals surface area contributed by atoms with Gasteiger partial charge in [0.2, 0.25) is 11.8 Å². The molecule has 0 aliphatic carbocycles. The summed E-state index contributed by atoms with van der Waals surface area (Å²) in [5, 5.41) is 0. The van der Waals surface area contributed by atoms with Gasteiger partial charge in [-0.1, -0.05) is 36.4 Å². The predicted molar refractivity (Wildman–Crippen MR) is 94.3 cm³/mol. The summed E-state index contributed by atoms with van der Waals surface area (Å²) in [5.41, 5.74) is 4.50. The maximum Gasteiger partial charge on any atom is 0.433 e. The Morgan fingerprint density at radius 1 is 1.04 bits per heavy atom. The van der Waals surface area contributed by atoms with Crippen LogP contribution in [0.3, 0.4) is 0 Å². The SMILES string of the molecule is CN1c2ccccc2C(=CO[P+](=S)CC(F)(F)F)c2ccccc21. The molecule has 1 heterocycles. The quantitative estimate of drug-likeness (QED) is 0.517. The van der Waals surface area contributed by atoms with E-state index in [4.69, 9.17) is 16.3 Å². The van der Waals surface area contributed by atoms with Crippen LogP contribution in [-0.4, -0.2) is 19.4 Å². The maximum atomic E-state index is 12.4. The van der Waals surface area contributed by atoms with Crippen LogP contribution in [0.2, 0.25) is 0 Å². The van der Waals surface area contributed by atoms with Crippen LogP contribution >= 0.6 is 6.92 Å². The zero-order chi connectivity index (χ0) is 17.3. The highest BCUT2D eigenvalue weighted by atomic mass is 32.4. The highest BCUT2D eigenvalue weighted by molar-refractivity contribution is 8.03. The van der Waals surface area contributed by atoms with E-state index in [-0.39, 0.29) is 0 Å². The Bertz CT molecular complexity index is 770. The van der Waals surface area contributed by atoms with Crippen molar-refractivity contribution in [2.45, 2.75) is 6.18 Å². The lowest BCUT2D eigenvalue weighted by Crippen LogP contribution is -2.17. The first-order chi connectivity index (χ1) is 11.4. The summed E-state index contributed by atoms with van der Waals surface area (Å²) in [6.45, 7) is -2.01. The van der Waals surface area contributed by atoms with Gasteiger partial charge in [-0.2, -0.15) is 13.2 Å². The number of alkyl halides is 3. The molecule has 0 fully saturated rings. The van der Waals surface area contributed by atoms with E-state index in [2.05, 4.69) is 0 Å². The summed E-state index contributed by atoms with van der Waals surface area (Å²) in [6.07, 6.45) is -4.02. The first-order valence-electron chi connectivity index (χ1n) is 7.18. The van der Waals surface area contributed by atoms with Crippen LogP contribution < -0.4 is 4.90 Å². The second-order valence-corrected chi connectivity index (χ2v) is 7.75. The van der Waals surface area contributed by atoms with Crippen LogP contribution in [0.15, 0.2) is 54.8 Å². The summed E-state index contributed by atoms with van der Waals surface area (Å²) in [4.78, 5) is 2.05. The van der Waals surface area contributed by atoms with Gasteiger partial charge in [0.15, 0.2) is 6.26 Å². The zero-order valence-electron chi connectivity index (χ0n) is 12.7. The zero-order valence-corrected chi connectivity index (χ0v) is 14.5. The number of hydrogen-bond donors (Lipinski definition) is 0. The van der Waals surface area contributed by atoms with E-state index < -0.39 is 19.3 Å². The Morgan fingerprint density at radius 3 is 2.04 bits per heavy atom. The highest BCUT2D eigenvalue weighted by Crippen LogP contribution is 2.44. The van der Waals surface area contributed by atoms with Crippen LogP contribution in [0.1, 0.15) is 11.1 Å². The molecule has 3 rings (SSSR count). The highest BCUT2D eigenvalue weighted by Gasteiger charge is 2.38. The van der Waals surface area contributed by atoms with E-state index >= 15 is 0 Å². The predicted octanol–water partition coefficient (Wildman–Crippen LogP) is 5.59. The van der Waals surface area contributed by atoms with Crippen molar-refractivity contribution in [3.8, 4) is 0 Å². The van der Waals surface area contributed by atoms with Crippen molar-refractivity contribution in [1.29, 1.82) is 0 Å². The van der Waals surface area contributed by atoms with E-state index in [0.29, 0.717) is 0 Å². The third kappa shape index (κ3) is 3.45. The molecule has 2 aromatic carbocycles. The summed E-state index contributed by atoms with van der Waals surface area (Å²) in [5.74, 6) is 0. The molecular formula is C17H14F3NOPS+. The first-order valence-corrected chi connectivity index (χ1v) is 9.63. The molecule has 24 heavy (non-hydrogen) atoms. The fourth-order valence-corrected chi connectivity index (χ4v) is 3.84. The molecule has 7 heteroatoms. The van der Waals surface area contributed by atoms with E-state index in [1.165, 1.54) is 6.26 Å². The van der Waals surface area contributed by atoms with Crippen molar-refractivity contribution in [3.63, 3.8) is 0 Å². The normalized spacial score (nSPS) is 13.9. The summed E-state index contributed by atoms with van der Waals surface area (Å²) >= 11 is 4.84. The molecule has 0 radical (unpaired) electrons. The lowest BCUT2D eigenvalue weighted by molar-refractivity contribution is -0.106. The largest absolute Gasteiger partial charge is 0.433 e. The molecule has 124 valence electrons. The number of rotatable bonds is 3. The standard InChI is InChI=1S/C17H14F3NOPS/c1-21-15-8-4-2-6-12(15)14(13-7-3-5-9-16(13)21)10-22-23(24)11-17(18,19)20/h2-10H,11H2,1H3/q+1. The monoisotopic (exact) mass is 368 g/mol. The summed E-state index contributed by atoms with van der Waals surface area (Å²) in [6, 6.07) is 15.4. The minimum atomic E-state index is -4.31. The number of para-hydroxylation sites is 2. The number of hydrogen-bond acceptors (Lipinski definition) is 3. The number of halogens is 3. The Kier molecular flexibility index (Phi) is 4.61. The second-order valence-electron chi connectivity index (χ2n) is 5.34. The lowest BCUT2D eigenvalue weighted by atomic mass is 9.91. The van der Waals surface area contributed by atoms with E-state index in [0.717, 1.165) is 28.1 Å². The molecule has 0 amide bonds. The molecule has 0 spiro atoms. The van der Waals surface area contributed by atoms with Crippen molar-refractivity contribution in [3.05, 3.63) is 65.9 Å². The lowest BCUT2D eigenvalue weighted by Gasteiger charge is -2.31. The summed E-state index contributed by atoms with van der Waals surface area (Å²) in [7, 11) is 1.96. The second kappa shape index (κ2) is 6.54. The third-order valence-electron chi connectivity index (χ3n) is 3.71. The average molecular weight is 368 g/mol. The van der Waals surface area contributed by atoms with Crippen LogP contribution in [0, 0.1) is 0 Å². The Hall–Kier alpha value is -1.91.